The van der Waals surface area contributed by atoms with E-state index in [2.05, 4.69) is 5.32 Å². The summed E-state index contributed by atoms with van der Waals surface area (Å²) in [5, 5.41) is 3.64. The maximum absolute atomic E-state index is 12.0. The van der Waals surface area contributed by atoms with Crippen molar-refractivity contribution in [3.63, 3.8) is 0 Å². The van der Waals surface area contributed by atoms with E-state index in [1.54, 1.807) is 7.11 Å². The Kier molecular flexibility index (Phi) is 5.40. The van der Waals surface area contributed by atoms with Gasteiger partial charge in [0.2, 0.25) is 5.91 Å². The van der Waals surface area contributed by atoms with Crippen molar-refractivity contribution in [1.29, 1.82) is 0 Å². The van der Waals surface area contributed by atoms with Gasteiger partial charge in [-0.25, -0.2) is 0 Å². The monoisotopic (exact) mass is 297 g/mol. The van der Waals surface area contributed by atoms with Crippen molar-refractivity contribution in [2.75, 3.05) is 13.7 Å². The van der Waals surface area contributed by atoms with Gasteiger partial charge in [0.15, 0.2) is 0 Å². The van der Waals surface area contributed by atoms with Gasteiger partial charge in [0.1, 0.15) is 12.2 Å². The second-order valence-corrected chi connectivity index (χ2v) is 5.44. The topological polar surface area (TPSA) is 47.6 Å². The molecule has 2 rings (SSSR count). The standard InChI is InChI=1S/C15H20ClNO3/c1-10(17-15(18)13-4-3-9-20-13)14(19-2)11-5-7-12(16)8-6-11/h5-8,10,13-14H,3-4,9H2,1-2H3,(H,17,18)/t10-,13-,14+/m0/s1. The van der Waals surface area contributed by atoms with Crippen LogP contribution in [0.25, 0.3) is 0 Å². The van der Waals surface area contributed by atoms with Crippen LogP contribution in [0.15, 0.2) is 24.3 Å². The zero-order chi connectivity index (χ0) is 14.5. The van der Waals surface area contributed by atoms with Crippen molar-refractivity contribution in [3.8, 4) is 0 Å². The summed E-state index contributed by atoms with van der Waals surface area (Å²) < 4.78 is 10.9. The normalized spacial score (nSPS) is 21.4. The number of methoxy groups -OCH3 is 1. The lowest BCUT2D eigenvalue weighted by Crippen LogP contribution is -2.43. The minimum Gasteiger partial charge on any atom is -0.375 e. The molecule has 1 amide bonds. The molecule has 0 spiro atoms. The fourth-order valence-electron chi connectivity index (χ4n) is 2.46. The first-order chi connectivity index (χ1) is 9.61. The van der Waals surface area contributed by atoms with Crippen molar-refractivity contribution in [2.24, 2.45) is 0 Å². The zero-order valence-electron chi connectivity index (χ0n) is 11.8. The van der Waals surface area contributed by atoms with Gasteiger partial charge in [-0.2, -0.15) is 0 Å². The summed E-state index contributed by atoms with van der Waals surface area (Å²) in [6.07, 6.45) is 1.20. The fourth-order valence-corrected chi connectivity index (χ4v) is 2.58. The lowest BCUT2D eigenvalue weighted by molar-refractivity contribution is -0.131. The Hall–Kier alpha value is -1.10. The summed E-state index contributed by atoms with van der Waals surface area (Å²) in [6, 6.07) is 7.31. The molecule has 3 atom stereocenters. The fraction of sp³-hybridized carbons (Fsp3) is 0.533. The maximum atomic E-state index is 12.0. The van der Waals surface area contributed by atoms with Crippen molar-refractivity contribution in [1.82, 2.24) is 5.32 Å². The number of nitrogens with one attached hydrogen (secondary N) is 1. The first-order valence-corrected chi connectivity index (χ1v) is 7.20. The second-order valence-electron chi connectivity index (χ2n) is 5.01. The molecule has 1 aromatic rings. The third-order valence-electron chi connectivity index (χ3n) is 3.50. The third kappa shape index (κ3) is 3.72. The average molecular weight is 298 g/mol. The smallest absolute Gasteiger partial charge is 0.249 e. The van der Waals surface area contributed by atoms with E-state index in [0.717, 1.165) is 18.4 Å². The SMILES string of the molecule is CO[C@@H](c1ccc(Cl)cc1)[C@H](C)NC(=O)[C@@H]1CCCO1. The van der Waals surface area contributed by atoms with E-state index in [0.29, 0.717) is 11.6 Å². The molecule has 5 heteroatoms. The number of carbonyl (C=O) groups is 1. The molecule has 0 unspecified atom stereocenters. The van der Waals surface area contributed by atoms with Crippen LogP contribution in [0.3, 0.4) is 0 Å². The van der Waals surface area contributed by atoms with Gasteiger partial charge in [-0.1, -0.05) is 23.7 Å². The molecule has 0 saturated carbocycles. The molecule has 4 nitrogen and oxygen atoms in total. The van der Waals surface area contributed by atoms with Crippen LogP contribution < -0.4 is 5.32 Å². The van der Waals surface area contributed by atoms with E-state index in [-0.39, 0.29) is 24.2 Å². The van der Waals surface area contributed by atoms with Crippen LogP contribution in [0, 0.1) is 0 Å². The largest absolute Gasteiger partial charge is 0.375 e. The van der Waals surface area contributed by atoms with Crippen molar-refractivity contribution in [3.05, 3.63) is 34.9 Å². The molecule has 0 aromatic heterocycles. The molecule has 0 aliphatic carbocycles. The van der Waals surface area contributed by atoms with Crippen molar-refractivity contribution >= 4 is 17.5 Å². The van der Waals surface area contributed by atoms with E-state index in [1.807, 2.05) is 31.2 Å². The molecule has 1 N–H and O–H groups in total. The van der Waals surface area contributed by atoms with Crippen LogP contribution in [0.4, 0.5) is 0 Å². The summed E-state index contributed by atoms with van der Waals surface area (Å²) in [5.41, 5.74) is 0.983. The highest BCUT2D eigenvalue weighted by Crippen LogP contribution is 2.23. The molecule has 1 aromatic carbocycles. The van der Waals surface area contributed by atoms with Crippen LogP contribution in [0.1, 0.15) is 31.4 Å². The highest BCUT2D eigenvalue weighted by atomic mass is 35.5. The number of rotatable bonds is 5. The van der Waals surface area contributed by atoms with Crippen LogP contribution in [-0.2, 0) is 14.3 Å². The van der Waals surface area contributed by atoms with Gasteiger partial charge in [0.25, 0.3) is 0 Å². The molecule has 0 radical (unpaired) electrons. The molecular weight excluding hydrogens is 278 g/mol. The highest BCUT2D eigenvalue weighted by Gasteiger charge is 2.27. The van der Waals surface area contributed by atoms with E-state index >= 15 is 0 Å². The number of carbonyl (C=O) groups excluding carboxylic acids is 1. The molecule has 1 aliphatic rings. The Morgan fingerprint density at radius 3 is 2.70 bits per heavy atom. The zero-order valence-corrected chi connectivity index (χ0v) is 12.5. The highest BCUT2D eigenvalue weighted by molar-refractivity contribution is 6.30. The Morgan fingerprint density at radius 2 is 2.15 bits per heavy atom. The second kappa shape index (κ2) is 7.07. The van der Waals surface area contributed by atoms with E-state index in [9.17, 15) is 4.79 Å². The number of amides is 1. The van der Waals surface area contributed by atoms with Gasteiger partial charge >= 0.3 is 0 Å². The molecule has 1 fully saturated rings. The van der Waals surface area contributed by atoms with Crippen LogP contribution >= 0.6 is 11.6 Å². The predicted molar refractivity (Wildman–Crippen MR) is 77.8 cm³/mol. The van der Waals surface area contributed by atoms with Gasteiger partial charge in [-0.05, 0) is 37.5 Å². The van der Waals surface area contributed by atoms with E-state index in [1.165, 1.54) is 0 Å². The summed E-state index contributed by atoms with van der Waals surface area (Å²) in [7, 11) is 1.63. The van der Waals surface area contributed by atoms with Gasteiger partial charge in [-0.15, -0.1) is 0 Å². The number of ether oxygens (including phenoxy) is 2. The molecule has 1 heterocycles. The Morgan fingerprint density at radius 1 is 1.45 bits per heavy atom. The van der Waals surface area contributed by atoms with Gasteiger partial charge < -0.3 is 14.8 Å². The molecule has 0 bridgehead atoms. The quantitative estimate of drug-likeness (QED) is 0.909. The maximum Gasteiger partial charge on any atom is 0.249 e. The molecule has 1 saturated heterocycles. The lowest BCUT2D eigenvalue weighted by atomic mass is 10.0. The minimum absolute atomic E-state index is 0.0639. The van der Waals surface area contributed by atoms with E-state index < -0.39 is 0 Å². The average Bonchev–Trinajstić information content (AvgIpc) is 2.96. The predicted octanol–water partition coefficient (Wildman–Crippen LogP) is 2.71. The van der Waals surface area contributed by atoms with E-state index in [4.69, 9.17) is 21.1 Å². The summed E-state index contributed by atoms with van der Waals surface area (Å²) in [4.78, 5) is 12.0. The Labute approximate surface area is 124 Å². The number of halogens is 1. The van der Waals surface area contributed by atoms with Gasteiger partial charge in [0.05, 0.1) is 6.04 Å². The third-order valence-corrected chi connectivity index (χ3v) is 3.75. The Bertz CT molecular complexity index is 443. The summed E-state index contributed by atoms with van der Waals surface area (Å²) in [6.45, 7) is 2.59. The number of hydrogen-bond acceptors (Lipinski definition) is 3. The number of benzene rings is 1. The van der Waals surface area contributed by atoms with Gasteiger partial charge in [-0.3, -0.25) is 4.79 Å². The molecule has 110 valence electrons. The lowest BCUT2D eigenvalue weighted by Gasteiger charge is -2.25. The molecule has 1 aliphatic heterocycles. The van der Waals surface area contributed by atoms with Crippen LogP contribution in [-0.4, -0.2) is 31.8 Å². The van der Waals surface area contributed by atoms with Crippen LogP contribution in [0.5, 0.6) is 0 Å². The van der Waals surface area contributed by atoms with Gasteiger partial charge in [0, 0.05) is 18.7 Å². The first-order valence-electron chi connectivity index (χ1n) is 6.82. The summed E-state index contributed by atoms with van der Waals surface area (Å²) in [5.74, 6) is -0.0639. The first kappa shape index (κ1) is 15.3. The molecule has 20 heavy (non-hydrogen) atoms. The molecular formula is C15H20ClNO3. The van der Waals surface area contributed by atoms with Crippen molar-refractivity contribution < 1.29 is 14.3 Å². The Balaban J connectivity index is 1.99. The van der Waals surface area contributed by atoms with Crippen molar-refractivity contribution in [2.45, 2.75) is 38.0 Å². The van der Waals surface area contributed by atoms with Crippen LogP contribution in [0.2, 0.25) is 5.02 Å². The number of hydrogen-bond donors (Lipinski definition) is 1. The summed E-state index contributed by atoms with van der Waals surface area (Å²) >= 11 is 5.88. The minimum atomic E-state index is -0.319.